The molecule has 0 spiro atoms. The molecule has 25 heavy (non-hydrogen) atoms. The van der Waals surface area contributed by atoms with Crippen LogP contribution in [0.4, 0.5) is 0 Å². The van der Waals surface area contributed by atoms with E-state index >= 15 is 0 Å². The predicted octanol–water partition coefficient (Wildman–Crippen LogP) is 2.48. The van der Waals surface area contributed by atoms with E-state index in [2.05, 4.69) is 38.6 Å². The summed E-state index contributed by atoms with van der Waals surface area (Å²) in [6.07, 6.45) is 3.32. The van der Waals surface area contributed by atoms with Gasteiger partial charge in [-0.15, -0.1) is 5.10 Å². The van der Waals surface area contributed by atoms with Crippen molar-refractivity contribution < 1.29 is 4.79 Å². The molecule has 6 nitrogen and oxygen atoms in total. The van der Waals surface area contributed by atoms with Gasteiger partial charge in [0.2, 0.25) is 5.91 Å². The standard InChI is InChI=1S/C19H21N5O/c1-12-10-13(2)24-19(20-12)22-17(23-24)11-18(25)21-16-9-5-7-14-6-3-4-8-15(14)16/h3-4,6,8,10,16H,5,7,9,11H2,1-2H3,(H,21,25)/t16-/m0/s1. The minimum absolute atomic E-state index is 0.0491. The maximum Gasteiger partial charge on any atom is 0.252 e. The molecule has 0 unspecified atom stereocenters. The second-order valence-corrected chi connectivity index (χ2v) is 6.67. The van der Waals surface area contributed by atoms with Gasteiger partial charge in [0.15, 0.2) is 5.82 Å². The predicted molar refractivity (Wildman–Crippen MR) is 94.2 cm³/mol. The summed E-state index contributed by atoms with van der Waals surface area (Å²) in [6.45, 7) is 3.88. The lowest BCUT2D eigenvalue weighted by atomic mass is 9.87. The quantitative estimate of drug-likeness (QED) is 0.798. The molecule has 128 valence electrons. The van der Waals surface area contributed by atoms with Crippen molar-refractivity contribution in [3.05, 3.63) is 58.7 Å². The number of rotatable bonds is 3. The maximum absolute atomic E-state index is 12.5. The summed E-state index contributed by atoms with van der Waals surface area (Å²) in [4.78, 5) is 21.3. The highest BCUT2D eigenvalue weighted by atomic mass is 16.1. The summed E-state index contributed by atoms with van der Waals surface area (Å²) < 4.78 is 1.69. The summed E-state index contributed by atoms with van der Waals surface area (Å²) in [7, 11) is 0. The van der Waals surface area contributed by atoms with Crippen LogP contribution in [0.3, 0.4) is 0 Å². The van der Waals surface area contributed by atoms with Gasteiger partial charge in [-0.05, 0) is 50.3 Å². The lowest BCUT2D eigenvalue weighted by Crippen LogP contribution is -2.32. The Balaban J connectivity index is 1.51. The molecule has 6 heteroatoms. The number of carbonyl (C=O) groups excluding carboxylic acids is 1. The smallest absolute Gasteiger partial charge is 0.252 e. The number of amides is 1. The molecule has 0 radical (unpaired) electrons. The normalized spacial score (nSPS) is 16.6. The topological polar surface area (TPSA) is 72.2 Å². The molecule has 1 aliphatic rings. The van der Waals surface area contributed by atoms with Crippen molar-refractivity contribution in [3.8, 4) is 0 Å². The summed E-state index contributed by atoms with van der Waals surface area (Å²) >= 11 is 0. The highest BCUT2D eigenvalue weighted by Crippen LogP contribution is 2.29. The van der Waals surface area contributed by atoms with Crippen LogP contribution < -0.4 is 5.32 Å². The van der Waals surface area contributed by atoms with Crippen molar-refractivity contribution in [1.29, 1.82) is 0 Å². The molecule has 0 fully saturated rings. The van der Waals surface area contributed by atoms with Gasteiger partial charge in [0.25, 0.3) is 5.78 Å². The molecule has 4 rings (SSSR count). The monoisotopic (exact) mass is 335 g/mol. The van der Waals surface area contributed by atoms with Gasteiger partial charge in [0.05, 0.1) is 12.5 Å². The van der Waals surface area contributed by atoms with Crippen LogP contribution in [0.1, 0.15) is 47.2 Å². The van der Waals surface area contributed by atoms with Gasteiger partial charge < -0.3 is 5.32 Å². The van der Waals surface area contributed by atoms with Crippen molar-refractivity contribution in [2.45, 2.75) is 45.6 Å². The number of aromatic nitrogens is 4. The second-order valence-electron chi connectivity index (χ2n) is 6.67. The van der Waals surface area contributed by atoms with Gasteiger partial charge in [0.1, 0.15) is 0 Å². The fourth-order valence-electron chi connectivity index (χ4n) is 3.58. The van der Waals surface area contributed by atoms with Crippen molar-refractivity contribution in [2.75, 3.05) is 0 Å². The maximum atomic E-state index is 12.5. The van der Waals surface area contributed by atoms with E-state index in [1.54, 1.807) is 4.52 Å². The van der Waals surface area contributed by atoms with Crippen LogP contribution >= 0.6 is 0 Å². The highest BCUT2D eigenvalue weighted by molar-refractivity contribution is 5.78. The Morgan fingerprint density at radius 3 is 3.00 bits per heavy atom. The molecule has 3 aromatic rings. The van der Waals surface area contributed by atoms with Crippen molar-refractivity contribution >= 4 is 11.7 Å². The molecule has 2 heterocycles. The summed E-state index contributed by atoms with van der Waals surface area (Å²) in [5.41, 5.74) is 4.42. The number of nitrogens with one attached hydrogen (secondary N) is 1. The first-order valence-electron chi connectivity index (χ1n) is 8.67. The van der Waals surface area contributed by atoms with Crippen LogP contribution in [0.25, 0.3) is 5.78 Å². The van der Waals surface area contributed by atoms with E-state index in [0.717, 1.165) is 30.7 Å². The number of hydrogen-bond donors (Lipinski definition) is 1. The third-order valence-electron chi connectivity index (χ3n) is 4.69. The number of aryl methyl sites for hydroxylation is 3. The molecule has 0 saturated carbocycles. The minimum Gasteiger partial charge on any atom is -0.349 e. The number of nitrogens with zero attached hydrogens (tertiary/aromatic N) is 4. The SMILES string of the molecule is Cc1cc(C)n2nc(CC(=O)N[C@H]3CCCc4ccccc43)nc2n1. The molecule has 1 N–H and O–H groups in total. The van der Waals surface area contributed by atoms with E-state index in [1.807, 2.05) is 26.0 Å². The zero-order valence-corrected chi connectivity index (χ0v) is 14.5. The number of hydrogen-bond acceptors (Lipinski definition) is 4. The summed E-state index contributed by atoms with van der Waals surface area (Å²) in [5, 5.41) is 7.56. The van der Waals surface area contributed by atoms with Gasteiger partial charge in [-0.3, -0.25) is 4.79 Å². The molecule has 1 atom stereocenters. The van der Waals surface area contributed by atoms with Crippen LogP contribution in [-0.2, 0) is 17.6 Å². The third-order valence-corrected chi connectivity index (χ3v) is 4.69. The lowest BCUT2D eigenvalue weighted by molar-refractivity contribution is -0.121. The molecular weight excluding hydrogens is 314 g/mol. The second kappa shape index (κ2) is 6.27. The van der Waals surface area contributed by atoms with Crippen molar-refractivity contribution in [2.24, 2.45) is 0 Å². The Bertz CT molecular complexity index is 946. The van der Waals surface area contributed by atoms with Gasteiger partial charge in [0, 0.05) is 11.4 Å². The third kappa shape index (κ3) is 3.12. The first kappa shape index (κ1) is 15.7. The fourth-order valence-corrected chi connectivity index (χ4v) is 3.58. The van der Waals surface area contributed by atoms with Gasteiger partial charge in [-0.2, -0.15) is 4.98 Å². The summed E-state index contributed by atoms with van der Waals surface area (Å²) in [5.74, 6) is 0.998. The first-order chi connectivity index (χ1) is 12.1. The Hall–Kier alpha value is -2.76. The molecule has 1 amide bonds. The highest BCUT2D eigenvalue weighted by Gasteiger charge is 2.22. The zero-order valence-electron chi connectivity index (χ0n) is 14.5. The van der Waals surface area contributed by atoms with E-state index in [9.17, 15) is 4.79 Å². The van der Waals surface area contributed by atoms with E-state index in [4.69, 9.17) is 0 Å². The zero-order chi connectivity index (χ0) is 17.4. The van der Waals surface area contributed by atoms with Gasteiger partial charge in [-0.1, -0.05) is 24.3 Å². The summed E-state index contributed by atoms with van der Waals surface area (Å²) in [6, 6.07) is 10.4. The van der Waals surface area contributed by atoms with Gasteiger partial charge in [-0.25, -0.2) is 9.50 Å². The molecule has 0 saturated heterocycles. The molecule has 1 aliphatic carbocycles. The Morgan fingerprint density at radius 1 is 1.28 bits per heavy atom. The van der Waals surface area contributed by atoms with Gasteiger partial charge >= 0.3 is 0 Å². The first-order valence-corrected chi connectivity index (χ1v) is 8.67. The molecule has 2 aromatic heterocycles. The van der Waals surface area contributed by atoms with Crippen molar-refractivity contribution in [1.82, 2.24) is 24.9 Å². The molecule has 0 aliphatic heterocycles. The van der Waals surface area contributed by atoms with E-state index in [-0.39, 0.29) is 18.4 Å². The largest absolute Gasteiger partial charge is 0.349 e. The van der Waals surface area contributed by atoms with Crippen LogP contribution in [0.15, 0.2) is 30.3 Å². The Labute approximate surface area is 146 Å². The average Bonchev–Trinajstić information content (AvgIpc) is 2.97. The Kier molecular flexibility index (Phi) is 3.95. The van der Waals surface area contributed by atoms with Crippen LogP contribution in [0.5, 0.6) is 0 Å². The van der Waals surface area contributed by atoms with Crippen LogP contribution in [0.2, 0.25) is 0 Å². The number of carbonyl (C=O) groups is 1. The minimum atomic E-state index is -0.0491. The van der Waals surface area contributed by atoms with Crippen LogP contribution in [0, 0.1) is 13.8 Å². The van der Waals surface area contributed by atoms with E-state index in [0.29, 0.717) is 11.6 Å². The molecule has 1 aromatic carbocycles. The Morgan fingerprint density at radius 2 is 2.12 bits per heavy atom. The molecule has 0 bridgehead atoms. The van der Waals surface area contributed by atoms with E-state index in [1.165, 1.54) is 11.1 Å². The van der Waals surface area contributed by atoms with Crippen LogP contribution in [-0.4, -0.2) is 25.5 Å². The average molecular weight is 335 g/mol. The fraction of sp³-hybridized carbons (Fsp3) is 0.368. The molecular formula is C19H21N5O. The lowest BCUT2D eigenvalue weighted by Gasteiger charge is -2.26. The van der Waals surface area contributed by atoms with E-state index < -0.39 is 0 Å². The number of fused-ring (bicyclic) bond motifs is 2. The van der Waals surface area contributed by atoms with Crippen molar-refractivity contribution in [3.63, 3.8) is 0 Å². The number of benzene rings is 1.